The molecular formula is C31H23F3N4O6S2. The molecule has 0 bridgehead atoms. The van der Waals surface area contributed by atoms with Crippen molar-refractivity contribution in [2.45, 2.75) is 35.8 Å². The smallest absolute Gasteiger partial charge is 0.416 e. The Morgan fingerprint density at radius 1 is 1.02 bits per heavy atom. The Bertz CT molecular complexity index is 1910. The molecule has 1 saturated heterocycles. The van der Waals surface area contributed by atoms with Gasteiger partial charge in [-0.1, -0.05) is 35.2 Å². The third-order valence-electron chi connectivity index (χ3n) is 7.51. The van der Waals surface area contributed by atoms with Crippen LogP contribution < -0.4 is 15.1 Å². The Morgan fingerprint density at radius 3 is 2.46 bits per heavy atom. The first-order chi connectivity index (χ1) is 22.0. The highest BCUT2D eigenvalue weighted by Gasteiger charge is 2.57. The molecule has 0 saturated carbocycles. The zero-order valence-corrected chi connectivity index (χ0v) is 25.4. The van der Waals surface area contributed by atoms with Crippen molar-refractivity contribution in [3.63, 3.8) is 0 Å². The minimum absolute atomic E-state index is 0.209. The van der Waals surface area contributed by atoms with Crippen LogP contribution in [0.15, 0.2) is 82.9 Å². The van der Waals surface area contributed by atoms with Gasteiger partial charge in [0.15, 0.2) is 0 Å². The summed E-state index contributed by atoms with van der Waals surface area (Å²) in [6, 6.07) is 13.3. The quantitative estimate of drug-likeness (QED) is 0.217. The van der Waals surface area contributed by atoms with E-state index >= 15 is 0 Å². The van der Waals surface area contributed by atoms with E-state index in [1.54, 1.807) is 19.1 Å². The minimum Gasteiger partial charge on any atom is -0.462 e. The van der Waals surface area contributed by atoms with Crippen molar-refractivity contribution in [1.82, 2.24) is 9.55 Å². The van der Waals surface area contributed by atoms with E-state index in [9.17, 15) is 37.1 Å². The van der Waals surface area contributed by atoms with Crippen molar-refractivity contribution < 1.29 is 37.1 Å². The summed E-state index contributed by atoms with van der Waals surface area (Å²) in [5.41, 5.74) is -0.0225. The molecule has 0 aliphatic carbocycles. The fourth-order valence-corrected chi connectivity index (χ4v) is 8.27. The van der Waals surface area contributed by atoms with Crippen molar-refractivity contribution >= 4 is 58.2 Å². The van der Waals surface area contributed by atoms with Gasteiger partial charge in [-0.15, -0.1) is 0 Å². The first-order valence-electron chi connectivity index (χ1n) is 13.9. The summed E-state index contributed by atoms with van der Waals surface area (Å²) in [5, 5.41) is 1.90. The molecular weight excluding hydrogens is 645 g/mol. The molecule has 2 unspecified atom stereocenters. The summed E-state index contributed by atoms with van der Waals surface area (Å²) in [6.07, 6.45) is -1.66. The summed E-state index contributed by atoms with van der Waals surface area (Å²) in [7, 11) is 0. The summed E-state index contributed by atoms with van der Waals surface area (Å²) >= 11 is 1.77. The lowest BCUT2D eigenvalue weighted by Gasteiger charge is -2.30. The Morgan fingerprint density at radius 2 is 1.78 bits per heavy atom. The molecule has 4 aromatic rings. The molecule has 3 atom stereocenters. The van der Waals surface area contributed by atoms with Gasteiger partial charge in [0.25, 0.3) is 0 Å². The Kier molecular flexibility index (Phi) is 8.29. The van der Waals surface area contributed by atoms with E-state index < -0.39 is 63.9 Å². The van der Waals surface area contributed by atoms with Crippen molar-refractivity contribution in [3.8, 4) is 0 Å². The lowest BCUT2D eigenvalue weighted by atomic mass is 9.84. The van der Waals surface area contributed by atoms with E-state index in [0.29, 0.717) is 26.7 Å². The lowest BCUT2D eigenvalue weighted by molar-refractivity contribution is -0.137. The van der Waals surface area contributed by atoms with Crippen molar-refractivity contribution in [3.05, 3.63) is 104 Å². The maximum atomic E-state index is 13.9. The van der Waals surface area contributed by atoms with E-state index in [1.807, 2.05) is 0 Å². The van der Waals surface area contributed by atoms with Gasteiger partial charge in [0, 0.05) is 28.9 Å². The largest absolute Gasteiger partial charge is 0.462 e. The highest BCUT2D eigenvalue weighted by Crippen LogP contribution is 2.54. The molecule has 1 fully saturated rings. The van der Waals surface area contributed by atoms with E-state index in [0.717, 1.165) is 46.2 Å². The number of nitrogens with zero attached hydrogens (tertiary/aromatic N) is 3. The molecule has 2 aromatic carbocycles. The van der Waals surface area contributed by atoms with Crippen molar-refractivity contribution in [1.29, 1.82) is 0 Å². The van der Waals surface area contributed by atoms with Gasteiger partial charge >= 0.3 is 17.0 Å². The lowest BCUT2D eigenvalue weighted by Crippen LogP contribution is -2.33. The van der Waals surface area contributed by atoms with Crippen LogP contribution in [-0.2, 0) is 31.8 Å². The molecule has 46 heavy (non-hydrogen) atoms. The Hall–Kier alpha value is -4.76. The number of amides is 3. The second-order valence-corrected chi connectivity index (χ2v) is 12.5. The van der Waals surface area contributed by atoms with Gasteiger partial charge in [-0.25, -0.2) is 9.69 Å². The van der Waals surface area contributed by atoms with Crippen molar-refractivity contribution in [2.75, 3.05) is 16.8 Å². The normalized spacial score (nSPS) is 19.0. The number of aromatic nitrogens is 2. The Labute approximate surface area is 267 Å². The second-order valence-electron chi connectivity index (χ2n) is 10.4. The summed E-state index contributed by atoms with van der Waals surface area (Å²) in [6.45, 7) is 1.47. The number of thioether (sulfide) groups is 1. The number of carbonyl (C=O) groups is 4. The molecule has 236 valence electrons. The fraction of sp³-hybridized carbons (Fsp3) is 0.226. The molecule has 0 radical (unpaired) electrons. The summed E-state index contributed by atoms with van der Waals surface area (Å²) < 4.78 is 46.6. The molecule has 2 aliphatic heterocycles. The van der Waals surface area contributed by atoms with Gasteiger partial charge in [0.1, 0.15) is 11.8 Å². The molecule has 0 spiro atoms. The molecule has 10 nitrogen and oxygen atoms in total. The maximum Gasteiger partial charge on any atom is 0.416 e. The number of imide groups is 1. The van der Waals surface area contributed by atoms with Crippen LogP contribution in [-0.4, -0.2) is 45.1 Å². The minimum atomic E-state index is -4.69. The number of ether oxygens (including phenoxy) is 1. The highest BCUT2D eigenvalue weighted by molar-refractivity contribution is 8.00. The van der Waals surface area contributed by atoms with Gasteiger partial charge in [-0.3, -0.25) is 28.7 Å². The third kappa shape index (κ3) is 5.71. The number of carbonyl (C=O) groups excluding carboxylic acids is 4. The number of rotatable bonds is 7. The number of anilines is 2. The molecule has 1 N–H and O–H groups in total. The number of alkyl halides is 3. The maximum absolute atomic E-state index is 13.9. The van der Waals surface area contributed by atoms with Crippen LogP contribution in [0.2, 0.25) is 0 Å². The summed E-state index contributed by atoms with van der Waals surface area (Å²) in [4.78, 5) is 70.9. The van der Waals surface area contributed by atoms with Crippen LogP contribution in [0.4, 0.5) is 24.5 Å². The Balaban J connectivity index is 1.33. The molecule has 6 rings (SSSR count). The number of esters is 1. The molecule has 4 heterocycles. The van der Waals surface area contributed by atoms with E-state index in [4.69, 9.17) is 4.74 Å². The topological polar surface area (TPSA) is 128 Å². The molecule has 2 aromatic heterocycles. The van der Waals surface area contributed by atoms with Crippen LogP contribution in [0.3, 0.4) is 0 Å². The van der Waals surface area contributed by atoms with Crippen molar-refractivity contribution in [2.24, 2.45) is 5.92 Å². The predicted octanol–water partition coefficient (Wildman–Crippen LogP) is 4.93. The number of pyridine rings is 1. The molecule has 15 heteroatoms. The number of hydrogen-bond acceptors (Lipinski definition) is 9. The van der Waals surface area contributed by atoms with Gasteiger partial charge in [0.2, 0.25) is 17.7 Å². The van der Waals surface area contributed by atoms with E-state index in [2.05, 4.69) is 10.3 Å². The number of nitrogens with one attached hydrogen (secondary N) is 1. The van der Waals surface area contributed by atoms with E-state index in [-0.39, 0.29) is 12.3 Å². The number of hydrogen-bond donors (Lipinski definition) is 1. The fourth-order valence-electron chi connectivity index (χ4n) is 5.50. The molecule has 3 amide bonds. The van der Waals surface area contributed by atoms with Crippen LogP contribution in [0.1, 0.15) is 39.2 Å². The standard InChI is InChI=1S/C31H23F3N4O6S2/c1-2-44-29(42)16-8-10-19(11-9-16)36-21(39)15-37-28-25(46-30(37)43)22(17-5-4-12-35-14-17)23-24(45-28)27(41)38(26(23)40)20-7-3-6-18(13-20)31(32,33)34/h3-14,22-24H,2,15H2,1H3,(H,36,39)/t22-,23?,24?/m1/s1. The predicted molar refractivity (Wildman–Crippen MR) is 163 cm³/mol. The van der Waals surface area contributed by atoms with E-state index in [1.165, 1.54) is 47.3 Å². The average molecular weight is 669 g/mol. The van der Waals surface area contributed by atoms with Gasteiger partial charge in [-0.05, 0) is 61.0 Å². The number of benzene rings is 2. The molecule has 2 aliphatic rings. The van der Waals surface area contributed by atoms with Crippen LogP contribution >= 0.6 is 23.1 Å². The number of fused-ring (bicyclic) bond motifs is 2. The zero-order chi connectivity index (χ0) is 32.7. The zero-order valence-electron chi connectivity index (χ0n) is 23.8. The van der Waals surface area contributed by atoms with Gasteiger partial charge < -0.3 is 10.1 Å². The number of halogens is 3. The summed E-state index contributed by atoms with van der Waals surface area (Å²) in [5.74, 6) is -4.36. The van der Waals surface area contributed by atoms with Gasteiger partial charge in [0.05, 0.1) is 34.4 Å². The third-order valence-corrected chi connectivity index (χ3v) is 10.1. The van der Waals surface area contributed by atoms with Crippen LogP contribution in [0, 0.1) is 5.92 Å². The highest BCUT2D eigenvalue weighted by atomic mass is 32.2. The first-order valence-corrected chi connectivity index (χ1v) is 15.6. The van der Waals surface area contributed by atoms with Crippen LogP contribution in [0.5, 0.6) is 0 Å². The van der Waals surface area contributed by atoms with Gasteiger partial charge in [-0.2, -0.15) is 13.2 Å². The average Bonchev–Trinajstić information content (AvgIpc) is 3.47. The first kappa shape index (κ1) is 31.2. The second kappa shape index (κ2) is 12.2. The number of thiazole rings is 1. The van der Waals surface area contributed by atoms with Crippen LogP contribution in [0.25, 0.3) is 0 Å². The monoisotopic (exact) mass is 668 g/mol. The SMILES string of the molecule is CCOC(=O)c1ccc(NC(=O)Cn2c3c(sc2=O)[C@H](c2cccnc2)C2C(=O)N(c4cccc(C(F)(F)F)c4)C(=O)C2S3)cc1.